The molecule has 1 aromatic heterocycles. The first-order valence-electron chi connectivity index (χ1n) is 13.0. The van der Waals surface area contributed by atoms with E-state index in [1.807, 2.05) is 42.7 Å². The van der Waals surface area contributed by atoms with E-state index in [4.69, 9.17) is 30.5 Å². The van der Waals surface area contributed by atoms with Crippen molar-refractivity contribution < 1.29 is 18.9 Å². The van der Waals surface area contributed by atoms with Crippen molar-refractivity contribution >= 4 is 11.6 Å². The van der Waals surface area contributed by atoms with Gasteiger partial charge in [-0.2, -0.15) is 0 Å². The molecule has 8 heteroatoms. The molecule has 0 amide bonds. The van der Waals surface area contributed by atoms with E-state index in [-0.39, 0.29) is 5.60 Å². The van der Waals surface area contributed by atoms with Crippen LogP contribution >= 0.6 is 11.6 Å². The van der Waals surface area contributed by atoms with E-state index in [2.05, 4.69) is 33.5 Å². The average Bonchev–Trinajstić information content (AvgIpc) is 3.39. The fraction of sp³-hybridized carbons (Fsp3) is 0.483. The molecule has 1 saturated heterocycles. The van der Waals surface area contributed by atoms with Gasteiger partial charge >= 0.3 is 0 Å². The monoisotopic (exact) mass is 527 g/mol. The predicted octanol–water partition coefficient (Wildman–Crippen LogP) is 5.64. The number of aromatic nitrogens is 2. The molecule has 0 spiro atoms. The number of piperidine rings is 1. The number of likely N-dealkylation sites (tertiary alicyclic amines) is 1. The maximum atomic E-state index is 6.14. The van der Waals surface area contributed by atoms with Gasteiger partial charge in [0.05, 0.1) is 13.7 Å². The summed E-state index contributed by atoms with van der Waals surface area (Å²) < 4.78 is 25.9. The van der Waals surface area contributed by atoms with Gasteiger partial charge in [-0.25, -0.2) is 4.98 Å². The van der Waals surface area contributed by atoms with Gasteiger partial charge in [0.2, 0.25) is 0 Å². The topological polar surface area (TPSA) is 58.0 Å². The second kappa shape index (κ2) is 13.2. The third-order valence-corrected chi connectivity index (χ3v) is 7.29. The molecule has 0 bridgehead atoms. The minimum atomic E-state index is -0.292. The maximum Gasteiger partial charge on any atom is 0.161 e. The van der Waals surface area contributed by atoms with Gasteiger partial charge in [0, 0.05) is 57.1 Å². The number of benzene rings is 2. The molecule has 0 radical (unpaired) electrons. The Balaban J connectivity index is 1.28. The van der Waals surface area contributed by atoms with Crippen LogP contribution in [0.2, 0.25) is 5.02 Å². The molecule has 1 fully saturated rings. The van der Waals surface area contributed by atoms with Crippen molar-refractivity contribution in [3.8, 4) is 17.2 Å². The Morgan fingerprint density at radius 1 is 1.03 bits per heavy atom. The summed E-state index contributed by atoms with van der Waals surface area (Å²) in [5.41, 5.74) is 0.915. The van der Waals surface area contributed by atoms with Crippen LogP contribution in [0.1, 0.15) is 37.6 Å². The quantitative estimate of drug-likeness (QED) is 0.268. The molecule has 0 saturated carbocycles. The molecule has 37 heavy (non-hydrogen) atoms. The largest absolute Gasteiger partial charge is 0.493 e. The number of methoxy groups -OCH3 is 2. The Hall–Kier alpha value is -2.74. The van der Waals surface area contributed by atoms with Gasteiger partial charge in [0.15, 0.2) is 11.5 Å². The van der Waals surface area contributed by atoms with Crippen LogP contribution in [0.4, 0.5) is 0 Å². The highest BCUT2D eigenvalue weighted by molar-refractivity contribution is 6.30. The minimum Gasteiger partial charge on any atom is -0.493 e. The fourth-order valence-corrected chi connectivity index (χ4v) is 4.94. The summed E-state index contributed by atoms with van der Waals surface area (Å²) in [5.74, 6) is 3.43. The van der Waals surface area contributed by atoms with E-state index >= 15 is 0 Å². The van der Waals surface area contributed by atoms with Crippen molar-refractivity contribution in [2.24, 2.45) is 0 Å². The average molecular weight is 528 g/mol. The molecule has 4 rings (SSSR count). The van der Waals surface area contributed by atoms with Gasteiger partial charge in [0.25, 0.3) is 0 Å². The molecular weight excluding hydrogens is 490 g/mol. The molecule has 0 N–H and O–H groups in total. The summed E-state index contributed by atoms with van der Waals surface area (Å²) in [5, 5.41) is 0.672. The van der Waals surface area contributed by atoms with E-state index in [1.54, 1.807) is 14.2 Å². The van der Waals surface area contributed by atoms with E-state index in [1.165, 1.54) is 5.56 Å². The van der Waals surface area contributed by atoms with Crippen LogP contribution in [0.25, 0.3) is 0 Å². The number of ether oxygens (including phenoxy) is 4. The number of rotatable bonds is 13. The summed E-state index contributed by atoms with van der Waals surface area (Å²) in [7, 11) is 3.46. The molecule has 0 aliphatic carbocycles. The number of hydrogen-bond acceptors (Lipinski definition) is 6. The summed E-state index contributed by atoms with van der Waals surface area (Å²) in [6.45, 7) is 6.85. The summed E-state index contributed by atoms with van der Waals surface area (Å²) in [4.78, 5) is 6.84. The third kappa shape index (κ3) is 7.40. The summed E-state index contributed by atoms with van der Waals surface area (Å²) in [6.07, 6.45) is 7.52. The zero-order valence-electron chi connectivity index (χ0n) is 22.1. The zero-order valence-corrected chi connectivity index (χ0v) is 22.9. The Kier molecular flexibility index (Phi) is 9.72. The highest BCUT2D eigenvalue weighted by Gasteiger charge is 2.35. The van der Waals surface area contributed by atoms with E-state index in [9.17, 15) is 0 Å². The Morgan fingerprint density at radius 3 is 2.59 bits per heavy atom. The van der Waals surface area contributed by atoms with E-state index < -0.39 is 0 Å². The van der Waals surface area contributed by atoms with Crippen LogP contribution in [0.5, 0.6) is 17.2 Å². The summed E-state index contributed by atoms with van der Waals surface area (Å²) in [6, 6.07) is 13.7. The molecule has 1 aliphatic heterocycles. The maximum absolute atomic E-state index is 6.14. The minimum absolute atomic E-state index is 0.292. The molecule has 200 valence electrons. The first-order chi connectivity index (χ1) is 18.0. The van der Waals surface area contributed by atoms with Crippen molar-refractivity contribution in [3.05, 3.63) is 71.3 Å². The highest BCUT2D eigenvalue weighted by Crippen LogP contribution is 2.31. The van der Waals surface area contributed by atoms with Crippen molar-refractivity contribution in [1.82, 2.24) is 14.5 Å². The molecule has 7 nitrogen and oxygen atoms in total. The van der Waals surface area contributed by atoms with E-state index in [0.717, 1.165) is 74.9 Å². The van der Waals surface area contributed by atoms with Crippen LogP contribution in [-0.2, 0) is 24.2 Å². The normalized spacial score (nSPS) is 15.5. The van der Waals surface area contributed by atoms with Crippen LogP contribution in [0.3, 0.4) is 0 Å². The van der Waals surface area contributed by atoms with Gasteiger partial charge in [-0.05, 0) is 55.2 Å². The SMILES string of the molecule is CCc1nccn1CCCOc1cc(CN2CCC(COc3cccc(Cl)c3)(OC)CC2)ccc1OC. The Labute approximate surface area is 225 Å². The third-order valence-electron chi connectivity index (χ3n) is 7.05. The number of aryl methyl sites for hydroxylation is 2. The second-order valence-electron chi connectivity index (χ2n) is 9.49. The van der Waals surface area contributed by atoms with Crippen molar-refractivity contribution in [2.75, 3.05) is 40.5 Å². The standard InChI is InChI=1S/C29H38ClN3O4/c1-4-28-31-13-17-33(28)14-6-18-36-27-19-23(9-10-26(27)34-2)21-32-15-11-29(35-3,12-16-32)22-37-25-8-5-7-24(30)20-25/h5,7-10,13,17,19-20H,4,6,11-12,14-16,18,21-22H2,1-3H3. The Morgan fingerprint density at radius 2 is 1.86 bits per heavy atom. The highest BCUT2D eigenvalue weighted by atomic mass is 35.5. The molecular formula is C29H38ClN3O4. The van der Waals surface area contributed by atoms with Gasteiger partial charge < -0.3 is 23.5 Å². The second-order valence-corrected chi connectivity index (χ2v) is 9.92. The van der Waals surface area contributed by atoms with Gasteiger partial charge in [-0.1, -0.05) is 30.7 Å². The van der Waals surface area contributed by atoms with E-state index in [0.29, 0.717) is 18.2 Å². The van der Waals surface area contributed by atoms with Gasteiger partial charge in [-0.3, -0.25) is 4.90 Å². The van der Waals surface area contributed by atoms with Gasteiger partial charge in [0.1, 0.15) is 23.8 Å². The molecule has 3 aromatic rings. The lowest BCUT2D eigenvalue weighted by Gasteiger charge is -2.40. The lowest BCUT2D eigenvalue weighted by atomic mass is 9.91. The van der Waals surface area contributed by atoms with Gasteiger partial charge in [-0.15, -0.1) is 0 Å². The first kappa shape index (κ1) is 27.3. The smallest absolute Gasteiger partial charge is 0.161 e. The first-order valence-corrected chi connectivity index (χ1v) is 13.4. The molecule has 1 aliphatic rings. The lowest BCUT2D eigenvalue weighted by molar-refractivity contribution is -0.0839. The van der Waals surface area contributed by atoms with Crippen molar-refractivity contribution in [3.63, 3.8) is 0 Å². The van der Waals surface area contributed by atoms with Crippen molar-refractivity contribution in [1.29, 1.82) is 0 Å². The molecule has 2 aromatic carbocycles. The molecule has 0 atom stereocenters. The van der Waals surface area contributed by atoms with Crippen LogP contribution in [-0.4, -0.2) is 60.6 Å². The number of halogens is 1. The Bertz CT molecular complexity index is 1130. The number of hydrogen-bond donors (Lipinski definition) is 0. The lowest BCUT2D eigenvalue weighted by Crippen LogP contribution is -2.48. The molecule has 0 unspecified atom stereocenters. The van der Waals surface area contributed by atoms with Crippen molar-refractivity contribution in [2.45, 2.75) is 51.3 Å². The predicted molar refractivity (Wildman–Crippen MR) is 146 cm³/mol. The van der Waals surface area contributed by atoms with Crippen LogP contribution in [0, 0.1) is 0 Å². The summed E-state index contributed by atoms with van der Waals surface area (Å²) >= 11 is 6.09. The fourth-order valence-electron chi connectivity index (χ4n) is 4.76. The van der Waals surface area contributed by atoms with Crippen LogP contribution < -0.4 is 14.2 Å². The van der Waals surface area contributed by atoms with Crippen LogP contribution in [0.15, 0.2) is 54.9 Å². The molecule has 2 heterocycles. The number of imidazole rings is 1. The number of nitrogens with zero attached hydrogens (tertiary/aromatic N) is 3. The zero-order chi connectivity index (χ0) is 26.1.